The van der Waals surface area contributed by atoms with Crippen molar-refractivity contribution < 1.29 is 19.6 Å². The van der Waals surface area contributed by atoms with Crippen LogP contribution in [0.1, 0.15) is 0 Å². The Kier molecular flexibility index (Phi) is 3.79. The highest BCUT2D eigenvalue weighted by Crippen LogP contribution is 2.25. The van der Waals surface area contributed by atoms with Crippen molar-refractivity contribution in [3.8, 4) is 0 Å². The molecular weight excluding hydrogens is 300 g/mol. The molecule has 1 aromatic carbocycles. The molecule has 0 aromatic heterocycles. The maximum atomic E-state index is 11.9. The van der Waals surface area contributed by atoms with E-state index in [-0.39, 0.29) is 17.9 Å². The highest BCUT2D eigenvalue weighted by molar-refractivity contribution is 5.99. The van der Waals surface area contributed by atoms with Gasteiger partial charge in [0.1, 0.15) is 0 Å². The van der Waals surface area contributed by atoms with Crippen LogP contribution in [0.25, 0.3) is 0 Å². The van der Waals surface area contributed by atoms with Gasteiger partial charge in [0.25, 0.3) is 5.69 Å². The van der Waals surface area contributed by atoms with Gasteiger partial charge >= 0.3 is 17.6 Å². The number of non-ortho nitro benzene ring substituents is 1. The van der Waals surface area contributed by atoms with Crippen molar-refractivity contribution >= 4 is 17.2 Å². The van der Waals surface area contributed by atoms with E-state index in [1.165, 1.54) is 12.1 Å². The van der Waals surface area contributed by atoms with E-state index in [0.717, 1.165) is 23.1 Å². The van der Waals surface area contributed by atoms with Gasteiger partial charge in [-0.3, -0.25) is 40.0 Å². The van der Waals surface area contributed by atoms with E-state index in [1.54, 1.807) is 0 Å². The van der Waals surface area contributed by atoms with E-state index in [9.17, 15) is 35.1 Å². The normalized spacial score (nSPS) is 17.8. The lowest BCUT2D eigenvalue weighted by Gasteiger charge is -2.27. The van der Waals surface area contributed by atoms with Crippen LogP contribution in [0.15, 0.2) is 36.0 Å². The number of carbonyl (C=O) groups excluding carboxylic acids is 1. The van der Waals surface area contributed by atoms with Crippen LogP contribution in [0, 0.1) is 30.3 Å². The van der Waals surface area contributed by atoms with E-state index in [0.29, 0.717) is 0 Å². The first-order valence-corrected chi connectivity index (χ1v) is 5.86. The summed E-state index contributed by atoms with van der Waals surface area (Å²) in [6.07, 6.45) is -0.962. The molecule has 1 aromatic rings. The zero-order chi connectivity index (χ0) is 16.4. The molecule has 0 spiro atoms. The number of Topliss-reactive ketones (excluding diaryl/α,β-unsaturated/α-hetero) is 1. The molecule has 1 unspecified atom stereocenters. The van der Waals surface area contributed by atoms with Gasteiger partial charge in [0.05, 0.1) is 14.8 Å². The lowest BCUT2D eigenvalue weighted by Crippen LogP contribution is -2.51. The summed E-state index contributed by atoms with van der Waals surface area (Å²) >= 11 is 0. The fourth-order valence-electron chi connectivity index (χ4n) is 2.05. The van der Waals surface area contributed by atoms with Gasteiger partial charge in [0.2, 0.25) is 0 Å². The Balaban J connectivity index is 2.41. The molecule has 114 valence electrons. The van der Waals surface area contributed by atoms with Gasteiger partial charge in [-0.1, -0.05) is 0 Å². The zero-order valence-electron chi connectivity index (χ0n) is 10.8. The number of nitrogens with zero attached hydrogens (tertiary/aromatic N) is 4. The Hall–Kier alpha value is -3.37. The highest BCUT2D eigenvalue weighted by Gasteiger charge is 2.46. The fourth-order valence-corrected chi connectivity index (χ4v) is 2.05. The third kappa shape index (κ3) is 2.59. The Morgan fingerprint density at radius 2 is 1.59 bits per heavy atom. The van der Waals surface area contributed by atoms with Gasteiger partial charge in [0, 0.05) is 30.4 Å². The van der Waals surface area contributed by atoms with Crippen LogP contribution in [-0.4, -0.2) is 33.3 Å². The minimum atomic E-state index is -1.94. The molecule has 1 aliphatic rings. The predicted molar refractivity (Wildman–Crippen MR) is 71.3 cm³/mol. The lowest BCUT2D eigenvalue weighted by molar-refractivity contribution is -0.510. The highest BCUT2D eigenvalue weighted by atomic mass is 16.6. The zero-order valence-corrected chi connectivity index (χ0v) is 10.8. The molecule has 2 rings (SSSR count). The maximum Gasteiger partial charge on any atom is 0.357 e. The van der Waals surface area contributed by atoms with Crippen LogP contribution < -0.4 is 4.90 Å². The van der Waals surface area contributed by atoms with Crippen molar-refractivity contribution in [2.45, 2.75) is 6.17 Å². The molecule has 1 atom stereocenters. The Morgan fingerprint density at radius 1 is 1.00 bits per heavy atom. The molecule has 0 saturated carbocycles. The maximum absolute atomic E-state index is 11.9. The van der Waals surface area contributed by atoms with Crippen LogP contribution in [-0.2, 0) is 4.79 Å². The summed E-state index contributed by atoms with van der Waals surface area (Å²) in [6.45, 7) is -0.231. The molecule has 22 heavy (non-hydrogen) atoms. The number of hydrogen-bond acceptors (Lipinski definition) is 8. The number of anilines is 1. The Morgan fingerprint density at radius 3 is 2.05 bits per heavy atom. The van der Waals surface area contributed by atoms with Crippen molar-refractivity contribution in [3.63, 3.8) is 0 Å². The molecule has 11 nitrogen and oxygen atoms in total. The van der Waals surface area contributed by atoms with E-state index in [1.807, 2.05) is 0 Å². The number of nitro benzene ring substituents is 1. The Labute approximate surface area is 121 Å². The predicted octanol–water partition coefficient (Wildman–Crippen LogP) is 0.747. The molecular formula is C11H8N4O7. The summed E-state index contributed by atoms with van der Waals surface area (Å²) in [5, 5.41) is 32.3. The first-order chi connectivity index (χ1) is 10.3. The number of carbonyl (C=O) groups is 1. The molecule has 1 aliphatic heterocycles. The average molecular weight is 308 g/mol. The third-order valence-electron chi connectivity index (χ3n) is 3.05. The summed E-state index contributed by atoms with van der Waals surface area (Å²) in [6, 6.07) is 4.74. The molecule has 11 heteroatoms. The molecule has 0 fully saturated rings. The SMILES string of the molecule is O=C1C([N+](=O)[O-])=CCN(c2ccc([N+](=O)[O-])cc2)C1[N+](=O)[O-]. The molecule has 1 heterocycles. The summed E-state index contributed by atoms with van der Waals surface area (Å²) in [7, 11) is 0. The van der Waals surface area contributed by atoms with Crippen LogP contribution in [0.3, 0.4) is 0 Å². The fraction of sp³-hybridized carbons (Fsp3) is 0.182. The molecule has 0 bridgehead atoms. The van der Waals surface area contributed by atoms with Crippen molar-refractivity contribution in [3.05, 3.63) is 66.4 Å². The smallest absolute Gasteiger partial charge is 0.299 e. The number of benzene rings is 1. The van der Waals surface area contributed by atoms with Gasteiger partial charge in [-0.15, -0.1) is 0 Å². The molecule has 0 N–H and O–H groups in total. The summed E-state index contributed by atoms with van der Waals surface area (Å²) < 4.78 is 0. The number of nitro groups is 3. The topological polar surface area (TPSA) is 150 Å². The lowest BCUT2D eigenvalue weighted by atomic mass is 10.1. The largest absolute Gasteiger partial charge is 0.357 e. The molecule has 0 aliphatic carbocycles. The minimum Gasteiger partial charge on any atom is -0.299 e. The quantitative estimate of drug-likeness (QED) is 0.583. The second kappa shape index (κ2) is 5.55. The van der Waals surface area contributed by atoms with Crippen LogP contribution in [0.2, 0.25) is 0 Å². The van der Waals surface area contributed by atoms with Gasteiger partial charge in [-0.25, -0.2) is 0 Å². The van der Waals surface area contributed by atoms with Crippen molar-refractivity contribution in [1.29, 1.82) is 0 Å². The van der Waals surface area contributed by atoms with Gasteiger partial charge in [-0.2, -0.15) is 0 Å². The van der Waals surface area contributed by atoms with Gasteiger partial charge in [-0.05, 0) is 12.1 Å². The average Bonchev–Trinajstić information content (AvgIpc) is 2.46. The first-order valence-electron chi connectivity index (χ1n) is 5.86. The number of rotatable bonds is 4. The van der Waals surface area contributed by atoms with Crippen LogP contribution >= 0.6 is 0 Å². The third-order valence-corrected chi connectivity index (χ3v) is 3.05. The van der Waals surface area contributed by atoms with Crippen molar-refractivity contribution in [1.82, 2.24) is 0 Å². The summed E-state index contributed by atoms with van der Waals surface area (Å²) in [5.41, 5.74) is -0.870. The van der Waals surface area contributed by atoms with Crippen LogP contribution in [0.4, 0.5) is 11.4 Å². The molecule has 0 saturated heterocycles. The summed E-state index contributed by atoms with van der Waals surface area (Å²) in [4.78, 5) is 42.7. The van der Waals surface area contributed by atoms with E-state index in [2.05, 4.69) is 0 Å². The van der Waals surface area contributed by atoms with Gasteiger partial charge in [0.15, 0.2) is 0 Å². The monoisotopic (exact) mass is 308 g/mol. The van der Waals surface area contributed by atoms with E-state index >= 15 is 0 Å². The Bertz CT molecular complexity index is 697. The van der Waals surface area contributed by atoms with Crippen molar-refractivity contribution in [2.75, 3.05) is 11.4 Å². The summed E-state index contributed by atoms with van der Waals surface area (Å²) in [5.74, 6) is -1.24. The molecule has 0 radical (unpaired) electrons. The second-order valence-corrected chi connectivity index (χ2v) is 4.30. The van der Waals surface area contributed by atoms with E-state index in [4.69, 9.17) is 0 Å². The minimum absolute atomic E-state index is 0.180. The van der Waals surface area contributed by atoms with Gasteiger partial charge < -0.3 is 0 Å². The van der Waals surface area contributed by atoms with Crippen LogP contribution in [0.5, 0.6) is 0 Å². The molecule has 0 amide bonds. The standard InChI is InChI=1S/C11H8N4O7/c16-10-9(14(19)20)5-6-12(11(10)15(21)22)7-1-3-8(4-2-7)13(17)18/h1-5,11H,6H2. The van der Waals surface area contributed by atoms with E-state index < -0.39 is 32.4 Å². The number of ketones is 1. The second-order valence-electron chi connectivity index (χ2n) is 4.30. The number of hydrogen-bond donors (Lipinski definition) is 0. The first kappa shape index (κ1) is 15.0. The van der Waals surface area contributed by atoms with Crippen molar-refractivity contribution in [2.24, 2.45) is 0 Å².